The predicted octanol–water partition coefficient (Wildman–Crippen LogP) is 1.18. The minimum atomic E-state index is 0.104. The van der Waals surface area contributed by atoms with Gasteiger partial charge in [0.1, 0.15) is 0 Å². The Hall–Kier alpha value is -0.120. The minimum absolute atomic E-state index is 0.104. The van der Waals surface area contributed by atoms with Crippen LogP contribution in [0.2, 0.25) is 0 Å². The van der Waals surface area contributed by atoms with Crippen molar-refractivity contribution in [3.8, 4) is 0 Å². The zero-order valence-corrected chi connectivity index (χ0v) is 8.77. The second-order valence-electron chi connectivity index (χ2n) is 3.76. The number of hydrogen-bond donors (Lipinski definition) is 1. The van der Waals surface area contributed by atoms with Gasteiger partial charge in [0.2, 0.25) is 0 Å². The fraction of sp³-hybridized carbons (Fsp3) is 1.00. The number of hydrogen-bond acceptors (Lipinski definition) is 3. The van der Waals surface area contributed by atoms with Gasteiger partial charge >= 0.3 is 0 Å². The van der Waals surface area contributed by atoms with E-state index in [0.29, 0.717) is 6.61 Å². The third-order valence-corrected chi connectivity index (χ3v) is 2.71. The highest BCUT2D eigenvalue weighted by Gasteiger charge is 2.33. The predicted molar refractivity (Wildman–Crippen MR) is 53.0 cm³/mol. The van der Waals surface area contributed by atoms with Crippen molar-refractivity contribution >= 4 is 0 Å². The first kappa shape index (κ1) is 11.0. The molecule has 0 heterocycles. The van der Waals surface area contributed by atoms with Gasteiger partial charge in [0.05, 0.1) is 18.8 Å². The third kappa shape index (κ3) is 3.25. The second kappa shape index (κ2) is 5.58. The maximum atomic E-state index is 5.88. The molecule has 78 valence electrons. The topological polar surface area (TPSA) is 30.5 Å². The van der Waals surface area contributed by atoms with Gasteiger partial charge in [0.15, 0.2) is 0 Å². The smallest absolute Gasteiger partial charge is 0.0807 e. The van der Waals surface area contributed by atoms with Crippen LogP contribution in [0.5, 0.6) is 0 Å². The van der Waals surface area contributed by atoms with Gasteiger partial charge in [-0.05, 0) is 19.9 Å². The van der Waals surface area contributed by atoms with Gasteiger partial charge in [-0.2, -0.15) is 0 Å². The summed E-state index contributed by atoms with van der Waals surface area (Å²) < 4.78 is 10.9. The fourth-order valence-corrected chi connectivity index (χ4v) is 2.06. The summed E-state index contributed by atoms with van der Waals surface area (Å²) in [5, 5.41) is 3.21. The molecule has 1 rings (SSSR count). The Morgan fingerprint density at radius 3 is 2.46 bits per heavy atom. The molecule has 0 radical (unpaired) electrons. The van der Waals surface area contributed by atoms with Gasteiger partial charge in [-0.25, -0.2) is 0 Å². The van der Waals surface area contributed by atoms with Crippen LogP contribution in [-0.4, -0.2) is 39.5 Å². The van der Waals surface area contributed by atoms with Crippen molar-refractivity contribution in [1.82, 2.24) is 5.32 Å². The van der Waals surface area contributed by atoms with Crippen LogP contribution >= 0.6 is 0 Å². The lowest BCUT2D eigenvalue weighted by Crippen LogP contribution is -2.40. The molecule has 1 saturated carbocycles. The molecule has 0 bridgehead atoms. The lowest BCUT2D eigenvalue weighted by atomic mass is 10.0. The quantitative estimate of drug-likeness (QED) is 0.633. The zero-order chi connectivity index (χ0) is 9.57. The molecule has 1 aliphatic carbocycles. The van der Waals surface area contributed by atoms with E-state index >= 15 is 0 Å². The summed E-state index contributed by atoms with van der Waals surface area (Å²) in [5.41, 5.74) is 0.104. The summed E-state index contributed by atoms with van der Waals surface area (Å²) in [5.74, 6) is 0. The number of nitrogens with one attached hydrogen (secondary N) is 1. The molecular formula is C10H21NO2. The summed E-state index contributed by atoms with van der Waals surface area (Å²) in [7, 11) is 3.70. The largest absolute Gasteiger partial charge is 0.382 e. The molecule has 1 N–H and O–H groups in total. The molecule has 13 heavy (non-hydrogen) atoms. The van der Waals surface area contributed by atoms with E-state index < -0.39 is 0 Å². The first-order chi connectivity index (χ1) is 6.33. The molecular weight excluding hydrogens is 166 g/mol. The van der Waals surface area contributed by atoms with Gasteiger partial charge in [-0.1, -0.05) is 12.8 Å². The summed E-state index contributed by atoms with van der Waals surface area (Å²) >= 11 is 0. The minimum Gasteiger partial charge on any atom is -0.382 e. The van der Waals surface area contributed by atoms with Crippen LogP contribution in [0.15, 0.2) is 0 Å². The van der Waals surface area contributed by atoms with Crippen LogP contribution in [0, 0.1) is 0 Å². The van der Waals surface area contributed by atoms with Crippen LogP contribution in [0.3, 0.4) is 0 Å². The van der Waals surface area contributed by atoms with Crippen molar-refractivity contribution in [2.45, 2.75) is 31.3 Å². The zero-order valence-electron chi connectivity index (χ0n) is 8.77. The standard InChI is InChI=1S/C10H21NO2/c1-11-9-10(5-3-4-6-10)13-8-7-12-2/h11H,3-9H2,1-2H3. The molecule has 0 aliphatic heterocycles. The van der Waals surface area contributed by atoms with E-state index in [1.165, 1.54) is 25.7 Å². The Bertz CT molecular complexity index is 133. The van der Waals surface area contributed by atoms with Gasteiger partial charge < -0.3 is 14.8 Å². The average Bonchev–Trinajstić information content (AvgIpc) is 2.55. The van der Waals surface area contributed by atoms with Crippen LogP contribution in [0.4, 0.5) is 0 Å². The Balaban J connectivity index is 2.28. The van der Waals surface area contributed by atoms with Gasteiger partial charge in [-0.3, -0.25) is 0 Å². The van der Waals surface area contributed by atoms with E-state index in [1.54, 1.807) is 7.11 Å². The maximum absolute atomic E-state index is 5.88. The van der Waals surface area contributed by atoms with E-state index in [1.807, 2.05) is 7.05 Å². The molecule has 1 fully saturated rings. The number of methoxy groups -OCH3 is 1. The molecule has 3 heteroatoms. The first-order valence-corrected chi connectivity index (χ1v) is 5.10. The van der Waals surface area contributed by atoms with E-state index in [2.05, 4.69) is 5.32 Å². The van der Waals surface area contributed by atoms with Crippen LogP contribution in [-0.2, 0) is 9.47 Å². The number of ether oxygens (including phenoxy) is 2. The molecule has 0 spiro atoms. The second-order valence-corrected chi connectivity index (χ2v) is 3.76. The number of rotatable bonds is 6. The third-order valence-electron chi connectivity index (χ3n) is 2.71. The molecule has 0 saturated heterocycles. The Morgan fingerprint density at radius 2 is 1.92 bits per heavy atom. The Kier molecular flexibility index (Phi) is 4.70. The van der Waals surface area contributed by atoms with Crippen molar-refractivity contribution in [3.05, 3.63) is 0 Å². The molecule has 3 nitrogen and oxygen atoms in total. The normalized spacial score (nSPS) is 20.8. The lowest BCUT2D eigenvalue weighted by Gasteiger charge is -2.29. The first-order valence-electron chi connectivity index (χ1n) is 5.10. The lowest BCUT2D eigenvalue weighted by molar-refractivity contribution is -0.0563. The Morgan fingerprint density at radius 1 is 1.23 bits per heavy atom. The molecule has 0 aromatic rings. The highest BCUT2D eigenvalue weighted by molar-refractivity contribution is 4.88. The van der Waals surface area contributed by atoms with Crippen molar-refractivity contribution in [2.24, 2.45) is 0 Å². The molecule has 0 atom stereocenters. The van der Waals surface area contributed by atoms with Crippen molar-refractivity contribution in [2.75, 3.05) is 33.9 Å². The average molecular weight is 187 g/mol. The highest BCUT2D eigenvalue weighted by Crippen LogP contribution is 2.32. The van der Waals surface area contributed by atoms with E-state index in [-0.39, 0.29) is 5.60 Å². The Labute approximate surface area is 80.8 Å². The SMILES string of the molecule is CNCC1(OCCOC)CCCC1. The fourth-order valence-electron chi connectivity index (χ4n) is 2.06. The van der Waals surface area contributed by atoms with Crippen LogP contribution in [0.1, 0.15) is 25.7 Å². The van der Waals surface area contributed by atoms with Gasteiger partial charge in [0, 0.05) is 13.7 Å². The molecule has 0 aromatic heterocycles. The molecule has 0 amide bonds. The highest BCUT2D eigenvalue weighted by atomic mass is 16.5. The monoisotopic (exact) mass is 187 g/mol. The van der Waals surface area contributed by atoms with E-state index in [4.69, 9.17) is 9.47 Å². The van der Waals surface area contributed by atoms with Crippen molar-refractivity contribution < 1.29 is 9.47 Å². The van der Waals surface area contributed by atoms with E-state index in [0.717, 1.165) is 13.2 Å². The molecule has 0 aromatic carbocycles. The van der Waals surface area contributed by atoms with Gasteiger partial charge in [0.25, 0.3) is 0 Å². The maximum Gasteiger partial charge on any atom is 0.0807 e. The van der Waals surface area contributed by atoms with Crippen molar-refractivity contribution in [1.29, 1.82) is 0 Å². The summed E-state index contributed by atoms with van der Waals surface area (Å²) in [6.45, 7) is 2.39. The van der Waals surface area contributed by atoms with Gasteiger partial charge in [-0.15, -0.1) is 0 Å². The molecule has 0 unspecified atom stereocenters. The van der Waals surface area contributed by atoms with Crippen LogP contribution in [0.25, 0.3) is 0 Å². The summed E-state index contributed by atoms with van der Waals surface area (Å²) in [6.07, 6.45) is 4.98. The number of likely N-dealkylation sites (N-methyl/N-ethyl adjacent to an activating group) is 1. The van der Waals surface area contributed by atoms with Crippen molar-refractivity contribution in [3.63, 3.8) is 0 Å². The molecule has 1 aliphatic rings. The van der Waals surface area contributed by atoms with Crippen LogP contribution < -0.4 is 5.32 Å². The summed E-state index contributed by atoms with van der Waals surface area (Å²) in [4.78, 5) is 0. The summed E-state index contributed by atoms with van der Waals surface area (Å²) in [6, 6.07) is 0. The van der Waals surface area contributed by atoms with E-state index in [9.17, 15) is 0 Å².